The molecule has 3 aromatic rings. The monoisotopic (exact) mass is 464 g/mol. The number of hydrogen-bond acceptors (Lipinski definition) is 7. The maximum absolute atomic E-state index is 14.2. The molecule has 3 rings (SSSR count). The van der Waals surface area contributed by atoms with Crippen LogP contribution in [0.3, 0.4) is 0 Å². The van der Waals surface area contributed by atoms with Crippen LogP contribution in [0.4, 0.5) is 4.39 Å². The van der Waals surface area contributed by atoms with Gasteiger partial charge in [0.2, 0.25) is 14.2 Å². The van der Waals surface area contributed by atoms with E-state index in [1.165, 1.54) is 6.07 Å². The number of hydrogen-bond donors (Lipinski definition) is 0. The molecule has 0 atom stereocenters. The minimum atomic E-state index is -5.09. The van der Waals surface area contributed by atoms with Crippen LogP contribution in [0.15, 0.2) is 41.3 Å². The number of nitrogens with zero attached hydrogens (tertiary/aromatic N) is 1. The highest BCUT2D eigenvalue weighted by Gasteiger charge is 2.39. The third-order valence-corrected chi connectivity index (χ3v) is 10.0. The highest BCUT2D eigenvalue weighted by Crippen LogP contribution is 2.39. The van der Waals surface area contributed by atoms with E-state index in [0.717, 1.165) is 12.1 Å². The lowest BCUT2D eigenvalue weighted by molar-refractivity contribution is 0.363. The SMILES string of the molecule is C=Cc1cc(O[Si](C)(C)C(C)(C)C)cc2nc(-c3ccc(OS(=O)(=O)[O-])c(F)c3)oc12. The summed E-state index contributed by atoms with van der Waals surface area (Å²) in [4.78, 5) is 4.42. The maximum Gasteiger partial charge on any atom is 0.262 e. The van der Waals surface area contributed by atoms with Crippen molar-refractivity contribution in [3.63, 3.8) is 0 Å². The van der Waals surface area contributed by atoms with Crippen molar-refractivity contribution in [1.82, 2.24) is 4.98 Å². The average Bonchev–Trinajstić information content (AvgIpc) is 3.04. The van der Waals surface area contributed by atoms with Crippen molar-refractivity contribution < 1.29 is 30.4 Å². The molecule has 0 unspecified atom stereocenters. The van der Waals surface area contributed by atoms with Crippen molar-refractivity contribution in [2.45, 2.75) is 38.9 Å². The predicted molar refractivity (Wildman–Crippen MR) is 118 cm³/mol. The Balaban J connectivity index is 2.03. The second-order valence-corrected chi connectivity index (χ2v) is 14.3. The van der Waals surface area contributed by atoms with Gasteiger partial charge < -0.3 is 17.6 Å². The van der Waals surface area contributed by atoms with E-state index in [1.54, 1.807) is 12.1 Å². The molecule has 10 heteroatoms. The molecule has 0 N–H and O–H groups in total. The second-order valence-electron chi connectivity index (χ2n) is 8.58. The number of halogens is 1. The first-order chi connectivity index (χ1) is 14.2. The van der Waals surface area contributed by atoms with Crippen LogP contribution in [0.2, 0.25) is 18.1 Å². The van der Waals surface area contributed by atoms with Crippen LogP contribution < -0.4 is 8.61 Å². The van der Waals surface area contributed by atoms with E-state index in [9.17, 15) is 17.4 Å². The van der Waals surface area contributed by atoms with Crippen LogP contribution in [-0.4, -0.2) is 26.3 Å². The summed E-state index contributed by atoms with van der Waals surface area (Å²) in [6.07, 6.45) is 1.62. The van der Waals surface area contributed by atoms with Gasteiger partial charge in [-0.3, -0.25) is 0 Å². The van der Waals surface area contributed by atoms with Gasteiger partial charge in [0, 0.05) is 17.2 Å². The molecule has 0 radical (unpaired) electrons. The molecule has 0 amide bonds. The lowest BCUT2D eigenvalue weighted by atomic mass is 10.2. The molecule has 0 fully saturated rings. The van der Waals surface area contributed by atoms with E-state index in [2.05, 4.69) is 49.6 Å². The van der Waals surface area contributed by atoms with Gasteiger partial charge in [0.05, 0.1) is 0 Å². The van der Waals surface area contributed by atoms with Crippen LogP contribution in [0.25, 0.3) is 28.6 Å². The zero-order chi connectivity index (χ0) is 23.2. The van der Waals surface area contributed by atoms with Crippen LogP contribution in [0.5, 0.6) is 11.5 Å². The highest BCUT2D eigenvalue weighted by molar-refractivity contribution is 7.81. The van der Waals surface area contributed by atoms with Crippen LogP contribution >= 0.6 is 0 Å². The Hall–Kier alpha value is -2.69. The predicted octanol–water partition coefficient (Wildman–Crippen LogP) is 5.50. The van der Waals surface area contributed by atoms with Gasteiger partial charge in [-0.25, -0.2) is 17.8 Å². The summed E-state index contributed by atoms with van der Waals surface area (Å²) in [6.45, 7) is 14.5. The zero-order valence-corrected chi connectivity index (χ0v) is 19.7. The largest absolute Gasteiger partial charge is 0.716 e. The Kier molecular flexibility index (Phi) is 5.76. The van der Waals surface area contributed by atoms with Gasteiger partial charge in [0.15, 0.2) is 17.1 Å². The molecule has 0 spiro atoms. The minimum Gasteiger partial charge on any atom is -0.716 e. The van der Waals surface area contributed by atoms with Gasteiger partial charge in [-0.15, -0.1) is 0 Å². The Morgan fingerprint density at radius 2 is 1.90 bits per heavy atom. The first-order valence-corrected chi connectivity index (χ1v) is 13.7. The first-order valence-electron chi connectivity index (χ1n) is 9.41. The fourth-order valence-corrected chi connectivity index (χ4v) is 3.99. The van der Waals surface area contributed by atoms with Crippen molar-refractivity contribution in [3.05, 3.63) is 48.3 Å². The van der Waals surface area contributed by atoms with Crippen molar-refractivity contribution in [2.24, 2.45) is 0 Å². The number of aromatic nitrogens is 1. The molecule has 0 aliphatic rings. The van der Waals surface area contributed by atoms with Crippen molar-refractivity contribution in [2.75, 3.05) is 0 Å². The molecule has 2 aromatic carbocycles. The third-order valence-electron chi connectivity index (χ3n) is 5.26. The summed E-state index contributed by atoms with van der Waals surface area (Å²) in [6, 6.07) is 6.92. The lowest BCUT2D eigenvalue weighted by Crippen LogP contribution is -2.43. The molecule has 0 saturated heterocycles. The van der Waals surface area contributed by atoms with Crippen molar-refractivity contribution in [1.29, 1.82) is 0 Å². The van der Waals surface area contributed by atoms with E-state index in [0.29, 0.717) is 22.4 Å². The average molecular weight is 465 g/mol. The molecule has 0 aliphatic heterocycles. The third kappa shape index (κ3) is 4.97. The van der Waals surface area contributed by atoms with E-state index in [1.807, 2.05) is 6.07 Å². The summed E-state index contributed by atoms with van der Waals surface area (Å²) >= 11 is 0. The van der Waals surface area contributed by atoms with E-state index in [4.69, 9.17) is 8.84 Å². The fraction of sp³-hybridized carbons (Fsp3) is 0.286. The molecule has 166 valence electrons. The van der Waals surface area contributed by atoms with Gasteiger partial charge in [0.1, 0.15) is 11.3 Å². The summed E-state index contributed by atoms with van der Waals surface area (Å²) in [5, 5.41) is 0.00416. The molecule has 31 heavy (non-hydrogen) atoms. The standard InChI is InChI=1S/C21H24FNO6SSi/c1-7-13-10-15(29-31(5,6)21(2,3)4)12-17-19(13)27-20(23-17)14-8-9-18(16(22)11-14)28-30(24,25)26/h7-12H,1H2,2-6H3,(H,24,25,26)/p-1. The van der Waals surface area contributed by atoms with Gasteiger partial charge in [0.25, 0.3) is 10.4 Å². The molecule has 1 heterocycles. The highest BCUT2D eigenvalue weighted by atomic mass is 32.3. The smallest absolute Gasteiger partial charge is 0.262 e. The van der Waals surface area contributed by atoms with Gasteiger partial charge >= 0.3 is 0 Å². The topological polar surface area (TPSA) is 102 Å². The minimum absolute atomic E-state index is 0.00416. The molecule has 0 saturated carbocycles. The van der Waals surface area contributed by atoms with E-state index >= 15 is 0 Å². The molecule has 7 nitrogen and oxygen atoms in total. The van der Waals surface area contributed by atoms with E-state index < -0.39 is 30.3 Å². The van der Waals surface area contributed by atoms with Crippen molar-refractivity contribution >= 4 is 35.9 Å². The molecular formula is C21H23FNO6SSi-. The number of rotatable bonds is 6. The molecular weight excluding hydrogens is 441 g/mol. The lowest BCUT2D eigenvalue weighted by Gasteiger charge is -2.36. The number of oxazole rings is 1. The van der Waals surface area contributed by atoms with Crippen molar-refractivity contribution in [3.8, 4) is 23.0 Å². The molecule has 0 bridgehead atoms. The second kappa shape index (κ2) is 7.77. The molecule has 1 aromatic heterocycles. The van der Waals surface area contributed by atoms with Crippen LogP contribution in [0.1, 0.15) is 26.3 Å². The molecule has 0 aliphatic carbocycles. The van der Waals surface area contributed by atoms with Gasteiger partial charge in [-0.05, 0) is 42.4 Å². The van der Waals surface area contributed by atoms with E-state index in [-0.39, 0.29) is 16.5 Å². The summed E-state index contributed by atoms with van der Waals surface area (Å²) in [5.41, 5.74) is 1.87. The van der Waals surface area contributed by atoms with Crippen LogP contribution in [-0.2, 0) is 10.4 Å². The maximum atomic E-state index is 14.2. The van der Waals surface area contributed by atoms with Crippen LogP contribution in [0, 0.1) is 5.82 Å². The first kappa shape index (κ1) is 23.0. The number of fused-ring (bicyclic) bond motifs is 1. The Morgan fingerprint density at radius 1 is 1.23 bits per heavy atom. The normalized spacial score (nSPS) is 12.7. The number of benzene rings is 2. The fourth-order valence-electron chi connectivity index (χ4n) is 2.62. The quantitative estimate of drug-likeness (QED) is 0.270. The summed E-state index contributed by atoms with van der Waals surface area (Å²) < 4.78 is 62.5. The zero-order valence-electron chi connectivity index (χ0n) is 17.9. The Labute approximate surface area is 181 Å². The Morgan fingerprint density at radius 3 is 2.45 bits per heavy atom. The summed E-state index contributed by atoms with van der Waals surface area (Å²) in [7, 11) is -7.18. The summed E-state index contributed by atoms with van der Waals surface area (Å²) in [5.74, 6) is -0.987. The van der Waals surface area contributed by atoms with Gasteiger partial charge in [-0.2, -0.15) is 0 Å². The van der Waals surface area contributed by atoms with Gasteiger partial charge in [-0.1, -0.05) is 33.4 Å². The Bertz CT molecular complexity index is 1260.